The molecule has 1 aliphatic rings. The molecule has 0 atom stereocenters. The smallest absolute Gasteiger partial charge is 0.244 e. The zero-order chi connectivity index (χ0) is 16.5. The number of amides is 1. The van der Waals surface area contributed by atoms with Crippen LogP contribution in [-0.2, 0) is 17.8 Å². The lowest BCUT2D eigenvalue weighted by Crippen LogP contribution is -2.40. The highest BCUT2D eigenvalue weighted by molar-refractivity contribution is 7.10. The number of hydrogen-bond donors (Lipinski definition) is 2. The van der Waals surface area contributed by atoms with E-state index in [4.69, 9.17) is 0 Å². The third kappa shape index (κ3) is 5.53. The van der Waals surface area contributed by atoms with Crippen LogP contribution in [0.25, 0.3) is 0 Å². The molecular formula is C17H28N4OS. The maximum absolute atomic E-state index is 12.4. The van der Waals surface area contributed by atoms with Crippen LogP contribution < -0.4 is 10.6 Å². The van der Waals surface area contributed by atoms with Gasteiger partial charge in [-0.05, 0) is 36.8 Å². The fourth-order valence-corrected chi connectivity index (χ4v) is 3.52. The minimum atomic E-state index is 0.104. The summed E-state index contributed by atoms with van der Waals surface area (Å²) in [5.41, 5.74) is 1.29. The number of rotatable bonds is 7. The van der Waals surface area contributed by atoms with Crippen LogP contribution in [0.15, 0.2) is 16.4 Å². The molecule has 2 N–H and O–H groups in total. The van der Waals surface area contributed by atoms with E-state index in [2.05, 4.69) is 34.0 Å². The van der Waals surface area contributed by atoms with Crippen LogP contribution in [0.3, 0.4) is 0 Å². The molecule has 1 aliphatic heterocycles. The van der Waals surface area contributed by atoms with Crippen molar-refractivity contribution in [3.05, 3.63) is 21.9 Å². The topological polar surface area (TPSA) is 56.7 Å². The van der Waals surface area contributed by atoms with Crippen molar-refractivity contribution in [3.8, 4) is 0 Å². The summed E-state index contributed by atoms with van der Waals surface area (Å²) in [6, 6.07) is 2.13. The molecule has 0 aliphatic carbocycles. The number of thiophene rings is 1. The molecule has 23 heavy (non-hydrogen) atoms. The Morgan fingerprint density at radius 2 is 2.22 bits per heavy atom. The van der Waals surface area contributed by atoms with Crippen molar-refractivity contribution in [2.75, 3.05) is 26.2 Å². The molecule has 0 fully saturated rings. The van der Waals surface area contributed by atoms with Gasteiger partial charge in [-0.1, -0.05) is 19.8 Å². The van der Waals surface area contributed by atoms with Crippen molar-refractivity contribution in [1.82, 2.24) is 15.5 Å². The van der Waals surface area contributed by atoms with Gasteiger partial charge < -0.3 is 15.5 Å². The van der Waals surface area contributed by atoms with Gasteiger partial charge in [-0.2, -0.15) is 0 Å². The normalized spacial score (nSPS) is 14.5. The lowest BCUT2D eigenvalue weighted by molar-refractivity contribution is -0.130. The number of fused-ring (bicyclic) bond motifs is 1. The molecule has 128 valence electrons. The second kappa shape index (κ2) is 9.55. The second-order valence-electron chi connectivity index (χ2n) is 5.76. The molecule has 2 rings (SSSR count). The number of nitrogens with zero attached hydrogens (tertiary/aromatic N) is 2. The summed E-state index contributed by atoms with van der Waals surface area (Å²) >= 11 is 1.79. The van der Waals surface area contributed by atoms with E-state index in [-0.39, 0.29) is 12.5 Å². The average Bonchev–Trinajstić information content (AvgIpc) is 3.03. The number of guanidine groups is 1. The van der Waals surface area contributed by atoms with Gasteiger partial charge in [-0.25, -0.2) is 4.99 Å². The predicted molar refractivity (Wildman–Crippen MR) is 96.9 cm³/mol. The first-order valence-corrected chi connectivity index (χ1v) is 9.47. The Morgan fingerprint density at radius 1 is 1.35 bits per heavy atom. The monoisotopic (exact) mass is 336 g/mol. The Balaban J connectivity index is 1.82. The van der Waals surface area contributed by atoms with Crippen molar-refractivity contribution in [2.45, 2.75) is 46.1 Å². The Kier molecular flexibility index (Phi) is 7.39. The van der Waals surface area contributed by atoms with E-state index in [9.17, 15) is 4.79 Å². The van der Waals surface area contributed by atoms with E-state index < -0.39 is 0 Å². The third-order valence-corrected chi connectivity index (χ3v) is 4.97. The van der Waals surface area contributed by atoms with Crippen LogP contribution in [0, 0.1) is 0 Å². The molecule has 2 heterocycles. The highest BCUT2D eigenvalue weighted by Crippen LogP contribution is 2.23. The molecule has 6 heteroatoms. The van der Waals surface area contributed by atoms with Gasteiger partial charge in [0.25, 0.3) is 0 Å². The minimum absolute atomic E-state index is 0.104. The van der Waals surface area contributed by atoms with Crippen LogP contribution in [0.4, 0.5) is 0 Å². The molecule has 0 spiro atoms. The van der Waals surface area contributed by atoms with Gasteiger partial charge in [0.15, 0.2) is 5.96 Å². The maximum Gasteiger partial charge on any atom is 0.244 e. The number of hydrogen-bond acceptors (Lipinski definition) is 3. The van der Waals surface area contributed by atoms with Crippen LogP contribution in [-0.4, -0.2) is 42.9 Å². The first kappa shape index (κ1) is 17.8. The molecule has 5 nitrogen and oxygen atoms in total. The van der Waals surface area contributed by atoms with E-state index in [1.54, 1.807) is 11.3 Å². The minimum Gasteiger partial charge on any atom is -0.357 e. The maximum atomic E-state index is 12.4. The fourth-order valence-electron chi connectivity index (χ4n) is 2.63. The van der Waals surface area contributed by atoms with Gasteiger partial charge >= 0.3 is 0 Å². The van der Waals surface area contributed by atoms with Gasteiger partial charge in [0.1, 0.15) is 6.54 Å². The van der Waals surface area contributed by atoms with Crippen LogP contribution in [0.5, 0.6) is 0 Å². The SMILES string of the molecule is CCCCCNC(=NCC(=O)N1CCc2sccc2C1)NCC. The molecular weight excluding hydrogens is 308 g/mol. The molecule has 0 unspecified atom stereocenters. The van der Waals surface area contributed by atoms with Gasteiger partial charge in [-0.3, -0.25) is 4.79 Å². The number of carbonyl (C=O) groups is 1. The van der Waals surface area contributed by atoms with E-state index in [1.165, 1.54) is 23.3 Å². The zero-order valence-corrected chi connectivity index (χ0v) is 15.0. The van der Waals surface area contributed by atoms with Crippen molar-refractivity contribution in [1.29, 1.82) is 0 Å². The van der Waals surface area contributed by atoms with E-state index in [0.717, 1.165) is 45.0 Å². The molecule has 0 aromatic carbocycles. The number of unbranched alkanes of at least 4 members (excludes halogenated alkanes) is 2. The lowest BCUT2D eigenvalue weighted by atomic mass is 10.1. The van der Waals surface area contributed by atoms with Crippen LogP contribution in [0.2, 0.25) is 0 Å². The van der Waals surface area contributed by atoms with Crippen LogP contribution >= 0.6 is 11.3 Å². The summed E-state index contributed by atoms with van der Waals surface area (Å²) in [5.74, 6) is 0.845. The number of aliphatic imine (C=N–C) groups is 1. The summed E-state index contributed by atoms with van der Waals surface area (Å²) in [6.07, 6.45) is 4.51. The summed E-state index contributed by atoms with van der Waals surface area (Å²) in [6.45, 7) is 7.67. The van der Waals surface area contributed by atoms with Gasteiger partial charge in [0, 0.05) is 31.1 Å². The lowest BCUT2D eigenvalue weighted by Gasteiger charge is -2.26. The predicted octanol–water partition coefficient (Wildman–Crippen LogP) is 2.38. The van der Waals surface area contributed by atoms with E-state index >= 15 is 0 Å². The van der Waals surface area contributed by atoms with Gasteiger partial charge in [0.2, 0.25) is 5.91 Å². The molecule has 1 aromatic heterocycles. The summed E-state index contributed by atoms with van der Waals surface area (Å²) in [7, 11) is 0. The molecule has 1 aromatic rings. The van der Waals surface area contributed by atoms with Gasteiger partial charge in [-0.15, -0.1) is 11.3 Å². The van der Waals surface area contributed by atoms with Crippen molar-refractivity contribution in [2.24, 2.45) is 4.99 Å². The highest BCUT2D eigenvalue weighted by atomic mass is 32.1. The molecule has 0 saturated heterocycles. The van der Waals surface area contributed by atoms with E-state index in [1.807, 2.05) is 11.8 Å². The first-order valence-electron chi connectivity index (χ1n) is 8.59. The summed E-state index contributed by atoms with van der Waals surface area (Å²) < 4.78 is 0. The average molecular weight is 337 g/mol. The zero-order valence-electron chi connectivity index (χ0n) is 14.2. The van der Waals surface area contributed by atoms with Crippen LogP contribution in [0.1, 0.15) is 43.6 Å². The Morgan fingerprint density at radius 3 is 3.00 bits per heavy atom. The number of nitrogens with one attached hydrogen (secondary N) is 2. The Labute approximate surface area is 143 Å². The quantitative estimate of drug-likeness (QED) is 0.457. The highest BCUT2D eigenvalue weighted by Gasteiger charge is 2.21. The molecule has 0 radical (unpaired) electrons. The molecule has 0 saturated carbocycles. The Bertz CT molecular complexity index is 526. The Hall–Kier alpha value is -1.56. The largest absolute Gasteiger partial charge is 0.357 e. The van der Waals surface area contributed by atoms with Crippen molar-refractivity contribution < 1.29 is 4.79 Å². The summed E-state index contributed by atoms with van der Waals surface area (Å²) in [4.78, 5) is 20.2. The van der Waals surface area contributed by atoms with E-state index in [0.29, 0.717) is 0 Å². The fraction of sp³-hybridized carbons (Fsp3) is 0.647. The third-order valence-electron chi connectivity index (χ3n) is 3.95. The summed E-state index contributed by atoms with van der Waals surface area (Å²) in [5, 5.41) is 8.61. The first-order chi connectivity index (χ1) is 11.2. The number of carbonyl (C=O) groups excluding carboxylic acids is 1. The van der Waals surface area contributed by atoms with Crippen molar-refractivity contribution >= 4 is 23.2 Å². The van der Waals surface area contributed by atoms with Crippen molar-refractivity contribution in [3.63, 3.8) is 0 Å². The standard InChI is InChI=1S/C17H28N4OS/c1-3-5-6-9-19-17(18-4-2)20-12-16(22)21-10-7-15-14(13-21)8-11-23-15/h8,11H,3-7,9-10,12-13H2,1-2H3,(H2,18,19,20). The van der Waals surface area contributed by atoms with Gasteiger partial charge in [0.05, 0.1) is 0 Å². The molecule has 1 amide bonds. The molecule has 0 bridgehead atoms. The second-order valence-corrected chi connectivity index (χ2v) is 6.76.